The molecule has 2 amide bonds. The van der Waals surface area contributed by atoms with E-state index < -0.39 is 0 Å². The van der Waals surface area contributed by atoms with E-state index in [-0.39, 0.29) is 24.2 Å². The summed E-state index contributed by atoms with van der Waals surface area (Å²) in [6, 6.07) is 18.4. The summed E-state index contributed by atoms with van der Waals surface area (Å²) in [4.78, 5) is 26.9. The largest absolute Gasteiger partial charge is 0.381 e. The van der Waals surface area contributed by atoms with Crippen LogP contribution in [0.3, 0.4) is 0 Å². The summed E-state index contributed by atoms with van der Waals surface area (Å²) in [6.45, 7) is 12.6. The van der Waals surface area contributed by atoms with Gasteiger partial charge in [0.2, 0.25) is 11.8 Å². The maximum atomic E-state index is 11.1. The summed E-state index contributed by atoms with van der Waals surface area (Å²) in [5.41, 5.74) is 2.69. The number of hydrogen-bond acceptors (Lipinski definition) is 8. The number of nitrogens with zero attached hydrogens (tertiary/aromatic N) is 2. The molecule has 0 aliphatic carbocycles. The molecule has 2 unspecified atom stereocenters. The summed E-state index contributed by atoms with van der Waals surface area (Å²) in [5.74, 6) is 0.150. The second-order valence-electron chi connectivity index (χ2n) is 13.0. The Bertz CT molecular complexity index is 1460. The quantitative estimate of drug-likeness (QED) is 0.128. The van der Waals surface area contributed by atoms with Crippen LogP contribution >= 0.6 is 35.1 Å². The summed E-state index contributed by atoms with van der Waals surface area (Å²) >= 11 is 3.57. The van der Waals surface area contributed by atoms with Crippen molar-refractivity contribution < 1.29 is 19.1 Å². The lowest BCUT2D eigenvalue weighted by Crippen LogP contribution is -2.35. The van der Waals surface area contributed by atoms with Gasteiger partial charge in [0.05, 0.1) is 13.2 Å². The van der Waals surface area contributed by atoms with Gasteiger partial charge in [-0.1, -0.05) is 24.3 Å². The van der Waals surface area contributed by atoms with Crippen LogP contribution in [0.4, 0.5) is 0 Å². The van der Waals surface area contributed by atoms with Gasteiger partial charge in [0.1, 0.15) is 0 Å². The van der Waals surface area contributed by atoms with E-state index in [1.54, 1.807) is 36.5 Å². The van der Waals surface area contributed by atoms with Gasteiger partial charge in [0.25, 0.3) is 0 Å². The van der Waals surface area contributed by atoms with Crippen LogP contribution in [-0.4, -0.2) is 99.4 Å². The van der Waals surface area contributed by atoms with E-state index in [0.29, 0.717) is 12.1 Å². The first-order valence-electron chi connectivity index (χ1n) is 17.5. The standard InChI is InChI=1S/2C19H26N2O2S.ClH/c2*1-15(22)20-18-5-9-21(14-18)8-2-10-23-11-6-16-3-4-19-17(13-16)7-12-24-19;/h2*3-4,7,12-13,18H,2,5-6,8-11,14H2,1H3,(H,20,22);1H. The van der Waals surface area contributed by atoms with Crippen molar-refractivity contribution in [2.24, 2.45) is 0 Å². The number of likely N-dealkylation sites (tertiary alicyclic amines) is 2. The van der Waals surface area contributed by atoms with E-state index in [9.17, 15) is 9.59 Å². The SMILES string of the molecule is CC(=O)NC1CCN(CCCOCCc2ccc3sccc3c2)C1.CC(=O)NC1CCN(CCCOCCc2ccc3sccc3c2)C1.Cl. The van der Waals surface area contributed by atoms with Crippen LogP contribution in [0.15, 0.2) is 59.3 Å². The number of rotatable bonds is 16. The predicted molar refractivity (Wildman–Crippen MR) is 207 cm³/mol. The Morgan fingerprint density at radius 1 is 0.694 bits per heavy atom. The fourth-order valence-electron chi connectivity index (χ4n) is 6.59. The molecular weight excluding hydrogens is 676 g/mol. The van der Waals surface area contributed by atoms with Gasteiger partial charge in [-0.15, -0.1) is 35.1 Å². The predicted octanol–water partition coefficient (Wildman–Crippen LogP) is 6.54. The lowest BCUT2D eigenvalue weighted by Gasteiger charge is -2.16. The summed E-state index contributed by atoms with van der Waals surface area (Å²) < 4.78 is 14.3. The zero-order valence-electron chi connectivity index (χ0n) is 29.0. The van der Waals surface area contributed by atoms with Gasteiger partial charge < -0.3 is 29.9 Å². The molecule has 268 valence electrons. The van der Waals surface area contributed by atoms with E-state index in [0.717, 1.165) is 104 Å². The topological polar surface area (TPSA) is 83.1 Å². The fraction of sp³-hybridized carbons (Fsp3) is 0.526. The highest BCUT2D eigenvalue weighted by atomic mass is 35.5. The third-order valence-electron chi connectivity index (χ3n) is 8.99. The Kier molecular flexibility index (Phi) is 16.8. The van der Waals surface area contributed by atoms with E-state index in [2.05, 4.69) is 79.7 Å². The first kappa shape index (κ1) is 39.2. The van der Waals surface area contributed by atoms with Gasteiger partial charge in [0.15, 0.2) is 0 Å². The van der Waals surface area contributed by atoms with Crippen molar-refractivity contribution in [2.75, 3.05) is 65.7 Å². The molecule has 11 heteroatoms. The molecule has 4 heterocycles. The van der Waals surface area contributed by atoms with Gasteiger partial charge in [-0.05, 0) is 95.4 Å². The molecule has 8 nitrogen and oxygen atoms in total. The molecule has 0 saturated carbocycles. The molecule has 2 N–H and O–H groups in total. The minimum absolute atomic E-state index is 0. The molecule has 2 aromatic carbocycles. The smallest absolute Gasteiger partial charge is 0.217 e. The molecule has 2 aliphatic heterocycles. The van der Waals surface area contributed by atoms with Crippen molar-refractivity contribution in [3.63, 3.8) is 0 Å². The highest BCUT2D eigenvalue weighted by Crippen LogP contribution is 2.23. The number of halogens is 1. The Morgan fingerprint density at radius 2 is 1.14 bits per heavy atom. The molecule has 0 bridgehead atoms. The number of thiophene rings is 2. The summed E-state index contributed by atoms with van der Waals surface area (Å²) in [6.07, 6.45) is 6.17. The first-order valence-corrected chi connectivity index (χ1v) is 19.2. The zero-order chi connectivity index (χ0) is 33.6. The Morgan fingerprint density at radius 3 is 1.57 bits per heavy atom. The lowest BCUT2D eigenvalue weighted by molar-refractivity contribution is -0.120. The van der Waals surface area contributed by atoms with E-state index in [4.69, 9.17) is 9.47 Å². The molecule has 6 rings (SSSR count). The van der Waals surface area contributed by atoms with Gasteiger partial charge in [0, 0.05) is 87.8 Å². The number of ether oxygens (including phenoxy) is 2. The molecule has 2 aliphatic rings. The molecule has 4 aromatic rings. The van der Waals surface area contributed by atoms with Gasteiger partial charge in [-0.2, -0.15) is 0 Å². The maximum absolute atomic E-state index is 11.1. The third kappa shape index (κ3) is 13.6. The van der Waals surface area contributed by atoms with Crippen molar-refractivity contribution in [3.05, 3.63) is 70.4 Å². The Hall–Kier alpha value is -2.57. The normalized spacial score (nSPS) is 17.9. The van der Waals surface area contributed by atoms with Crippen LogP contribution in [0.2, 0.25) is 0 Å². The monoisotopic (exact) mass is 728 g/mol. The number of fused-ring (bicyclic) bond motifs is 2. The van der Waals surface area contributed by atoms with E-state index >= 15 is 0 Å². The lowest BCUT2D eigenvalue weighted by atomic mass is 10.1. The number of benzene rings is 2. The number of amides is 2. The Labute approximate surface area is 305 Å². The average Bonchev–Trinajstić information content (AvgIpc) is 3.88. The summed E-state index contributed by atoms with van der Waals surface area (Å²) in [5, 5.41) is 12.9. The molecule has 0 radical (unpaired) electrons. The van der Waals surface area contributed by atoms with Gasteiger partial charge in [-0.3, -0.25) is 9.59 Å². The molecule has 2 fully saturated rings. The van der Waals surface area contributed by atoms with Crippen molar-refractivity contribution in [3.8, 4) is 0 Å². The van der Waals surface area contributed by atoms with E-state index in [1.807, 2.05) is 0 Å². The fourth-order valence-corrected chi connectivity index (χ4v) is 8.13. The highest BCUT2D eigenvalue weighted by molar-refractivity contribution is 7.17. The Balaban J connectivity index is 0.000000216. The number of hydrogen-bond donors (Lipinski definition) is 2. The minimum atomic E-state index is 0. The maximum Gasteiger partial charge on any atom is 0.217 e. The molecule has 49 heavy (non-hydrogen) atoms. The third-order valence-corrected chi connectivity index (χ3v) is 10.8. The van der Waals surface area contributed by atoms with Crippen LogP contribution in [-0.2, 0) is 31.9 Å². The minimum Gasteiger partial charge on any atom is -0.381 e. The second kappa shape index (κ2) is 20.9. The van der Waals surface area contributed by atoms with Crippen molar-refractivity contribution in [1.82, 2.24) is 20.4 Å². The van der Waals surface area contributed by atoms with Gasteiger partial charge >= 0.3 is 0 Å². The second-order valence-corrected chi connectivity index (χ2v) is 14.9. The molecule has 2 atom stereocenters. The van der Waals surface area contributed by atoms with Crippen LogP contribution < -0.4 is 10.6 Å². The molecular formula is C38H53ClN4O4S2. The zero-order valence-corrected chi connectivity index (χ0v) is 31.4. The number of carbonyl (C=O) groups is 2. The van der Waals surface area contributed by atoms with Crippen LogP contribution in [0.1, 0.15) is 50.7 Å². The van der Waals surface area contributed by atoms with Crippen molar-refractivity contribution >= 4 is 67.1 Å². The molecule has 0 spiro atoms. The number of carbonyl (C=O) groups excluding carboxylic acids is 2. The van der Waals surface area contributed by atoms with Crippen molar-refractivity contribution in [1.29, 1.82) is 0 Å². The highest BCUT2D eigenvalue weighted by Gasteiger charge is 2.23. The van der Waals surface area contributed by atoms with Crippen molar-refractivity contribution in [2.45, 2.75) is 64.5 Å². The first-order chi connectivity index (χ1) is 23.4. The van der Waals surface area contributed by atoms with Crippen LogP contribution in [0.5, 0.6) is 0 Å². The molecule has 2 aromatic heterocycles. The van der Waals surface area contributed by atoms with Crippen LogP contribution in [0, 0.1) is 0 Å². The number of nitrogens with one attached hydrogen (secondary N) is 2. The van der Waals surface area contributed by atoms with E-state index in [1.165, 1.54) is 31.3 Å². The van der Waals surface area contributed by atoms with Gasteiger partial charge in [-0.25, -0.2) is 0 Å². The summed E-state index contributed by atoms with van der Waals surface area (Å²) in [7, 11) is 0. The molecule has 2 saturated heterocycles. The average molecular weight is 729 g/mol. The van der Waals surface area contributed by atoms with Crippen LogP contribution in [0.25, 0.3) is 20.2 Å².